The molecule has 0 radical (unpaired) electrons. The van der Waals surface area contributed by atoms with Gasteiger partial charge in [-0.25, -0.2) is 37.5 Å². The SMILES string of the molecule is C=C/C(F)=C\C=C(/C)c1nc2c(=C(C#N)C#N)c3nc(-c4ccc(F)cc4)c(-c4ccc(F)cc4)nc3c(=C(C#N)C#N)c2nc1-c1ccc(F)cc1. The fourth-order valence-electron chi connectivity index (χ4n) is 5.59. The van der Waals surface area contributed by atoms with E-state index < -0.39 is 34.4 Å². The smallest absolute Gasteiger partial charge is 0.141 e. The monoisotopic (exact) mass is 700 g/mol. The van der Waals surface area contributed by atoms with Crippen molar-refractivity contribution in [3.05, 3.63) is 137 Å². The van der Waals surface area contributed by atoms with Crippen molar-refractivity contribution in [2.24, 2.45) is 0 Å². The molecule has 53 heavy (non-hydrogen) atoms. The van der Waals surface area contributed by atoms with Crippen LogP contribution in [0.25, 0.3) is 72.6 Å². The molecule has 4 aromatic carbocycles. The molecule has 6 rings (SSSR count). The molecule has 6 aromatic rings. The summed E-state index contributed by atoms with van der Waals surface area (Å²) in [5.74, 6) is -2.30. The fraction of sp³-hybridized carbons (Fsp3) is 0.0244. The van der Waals surface area contributed by atoms with Crippen molar-refractivity contribution in [1.29, 1.82) is 21.0 Å². The first-order valence-corrected chi connectivity index (χ1v) is 15.5. The van der Waals surface area contributed by atoms with E-state index in [0.717, 1.165) is 12.2 Å². The molecule has 0 saturated carbocycles. The summed E-state index contributed by atoms with van der Waals surface area (Å²) in [7, 11) is 0. The Labute approximate surface area is 298 Å². The molecule has 0 fully saturated rings. The number of nitrogens with zero attached hydrogens (tertiary/aromatic N) is 8. The summed E-state index contributed by atoms with van der Waals surface area (Å²) in [4.78, 5) is 19.4. The Hall–Kier alpha value is -7.80. The lowest BCUT2D eigenvalue weighted by molar-refractivity contribution is 0.627. The first-order valence-electron chi connectivity index (χ1n) is 15.5. The summed E-state index contributed by atoms with van der Waals surface area (Å²) >= 11 is 0. The number of aromatic nitrogens is 4. The molecule has 2 aromatic heterocycles. The lowest BCUT2D eigenvalue weighted by atomic mass is 9.99. The molecule has 0 atom stereocenters. The van der Waals surface area contributed by atoms with Crippen LogP contribution < -0.4 is 10.4 Å². The number of rotatable bonds is 6. The Morgan fingerprint density at radius 1 is 0.547 bits per heavy atom. The molecule has 252 valence electrons. The average Bonchev–Trinajstić information content (AvgIpc) is 3.18. The zero-order chi connectivity index (χ0) is 37.8. The van der Waals surface area contributed by atoms with Gasteiger partial charge in [-0.15, -0.1) is 0 Å². The number of nitriles is 4. The highest BCUT2D eigenvalue weighted by Crippen LogP contribution is 2.32. The van der Waals surface area contributed by atoms with Gasteiger partial charge in [0, 0.05) is 16.7 Å². The van der Waals surface area contributed by atoms with Gasteiger partial charge in [-0.2, -0.15) is 21.0 Å². The van der Waals surface area contributed by atoms with E-state index in [1.807, 2.05) is 24.3 Å². The Balaban J connectivity index is 1.96. The van der Waals surface area contributed by atoms with Crippen LogP contribution in [0.15, 0.2) is 103 Å². The number of allylic oxidation sites excluding steroid dienone is 5. The zero-order valence-corrected chi connectivity index (χ0v) is 27.5. The van der Waals surface area contributed by atoms with Gasteiger partial charge >= 0.3 is 0 Å². The second-order valence-electron chi connectivity index (χ2n) is 11.3. The van der Waals surface area contributed by atoms with E-state index in [4.69, 9.17) is 19.9 Å². The molecule has 0 unspecified atom stereocenters. The van der Waals surface area contributed by atoms with Crippen molar-refractivity contribution in [2.45, 2.75) is 6.92 Å². The Morgan fingerprint density at radius 3 is 1.25 bits per heavy atom. The van der Waals surface area contributed by atoms with Crippen molar-refractivity contribution in [3.8, 4) is 58.0 Å². The van der Waals surface area contributed by atoms with Crippen LogP contribution in [0.5, 0.6) is 0 Å². The highest BCUT2D eigenvalue weighted by Gasteiger charge is 2.24. The second-order valence-corrected chi connectivity index (χ2v) is 11.3. The van der Waals surface area contributed by atoms with Gasteiger partial charge in [0.25, 0.3) is 0 Å². The van der Waals surface area contributed by atoms with Crippen molar-refractivity contribution in [2.75, 3.05) is 0 Å². The number of fused-ring (bicyclic) bond motifs is 2. The van der Waals surface area contributed by atoms with Crippen molar-refractivity contribution in [1.82, 2.24) is 19.9 Å². The summed E-state index contributed by atoms with van der Waals surface area (Å²) in [5.41, 5.74) is 0.368. The number of hydrogen-bond donors (Lipinski definition) is 0. The predicted molar refractivity (Wildman–Crippen MR) is 190 cm³/mol. The first kappa shape index (κ1) is 35.0. The lowest BCUT2D eigenvalue weighted by Crippen LogP contribution is -2.24. The van der Waals surface area contributed by atoms with Gasteiger partial charge in [-0.3, -0.25) is 0 Å². The van der Waals surface area contributed by atoms with Crippen LogP contribution in [0.2, 0.25) is 0 Å². The third-order valence-corrected chi connectivity index (χ3v) is 8.10. The van der Waals surface area contributed by atoms with Gasteiger partial charge in [0.2, 0.25) is 0 Å². The fourth-order valence-corrected chi connectivity index (χ4v) is 5.59. The Bertz CT molecular complexity index is 2840. The van der Waals surface area contributed by atoms with E-state index in [1.165, 1.54) is 78.9 Å². The molecule has 0 aliphatic carbocycles. The normalized spacial score (nSPS) is 11.3. The Kier molecular flexibility index (Phi) is 9.64. The van der Waals surface area contributed by atoms with Crippen molar-refractivity contribution >= 4 is 38.8 Å². The van der Waals surface area contributed by atoms with E-state index in [-0.39, 0.29) is 55.3 Å². The van der Waals surface area contributed by atoms with Gasteiger partial charge in [-0.05, 0) is 97.4 Å². The zero-order valence-electron chi connectivity index (χ0n) is 27.5. The molecule has 2 heterocycles. The summed E-state index contributed by atoms with van der Waals surface area (Å²) in [5, 5.41) is 40.7. The van der Waals surface area contributed by atoms with Crippen molar-refractivity contribution < 1.29 is 17.6 Å². The molecule has 0 N–H and O–H groups in total. The van der Waals surface area contributed by atoms with Crippen LogP contribution in [-0.4, -0.2) is 19.9 Å². The maximum Gasteiger partial charge on any atom is 0.141 e. The maximum atomic E-state index is 14.2. The van der Waals surface area contributed by atoms with Crippen LogP contribution in [0.3, 0.4) is 0 Å². The molecule has 8 nitrogen and oxygen atoms in total. The standard InChI is InChI=1S/C41H20F4N8/c1-3-28(42)11-4-22(2)34-35(23-5-12-29(43)13-6-23)51-39-33(27(20-48)21-49)41-40(32(38(39)50-34)26(18-46)19-47)52-36(24-7-14-30(44)15-8-24)37(53-41)25-9-16-31(45)17-10-25/h3-17H,1H2,2H3/b22-4+,28-11+. The maximum absolute atomic E-state index is 14.2. The third-order valence-electron chi connectivity index (χ3n) is 8.10. The quantitative estimate of drug-likeness (QED) is 0.0971. The highest BCUT2D eigenvalue weighted by atomic mass is 19.1. The molecule has 0 saturated heterocycles. The number of hydrogen-bond acceptors (Lipinski definition) is 8. The first-order chi connectivity index (χ1) is 25.6. The van der Waals surface area contributed by atoms with Crippen LogP contribution in [-0.2, 0) is 0 Å². The van der Waals surface area contributed by atoms with Gasteiger partial charge in [-0.1, -0.05) is 12.7 Å². The van der Waals surface area contributed by atoms with E-state index in [2.05, 4.69) is 6.58 Å². The molecule has 0 aliphatic heterocycles. The highest BCUT2D eigenvalue weighted by molar-refractivity contribution is 6.03. The Morgan fingerprint density at radius 2 is 0.887 bits per heavy atom. The molecule has 0 bridgehead atoms. The van der Waals surface area contributed by atoms with Crippen LogP contribution in [0.1, 0.15) is 12.6 Å². The van der Waals surface area contributed by atoms with E-state index in [1.54, 1.807) is 6.92 Å². The summed E-state index contributed by atoms with van der Waals surface area (Å²) in [6.07, 6.45) is 3.52. The summed E-state index contributed by atoms with van der Waals surface area (Å²) < 4.78 is 56.5. The lowest BCUT2D eigenvalue weighted by Gasteiger charge is -2.15. The predicted octanol–water partition coefficient (Wildman–Crippen LogP) is 7.83. The minimum atomic E-state index is -0.664. The molecule has 0 spiro atoms. The van der Waals surface area contributed by atoms with Gasteiger partial charge < -0.3 is 0 Å². The number of halogens is 4. The second kappa shape index (κ2) is 14.6. The minimum absolute atomic E-state index is 0.115. The number of benzene rings is 4. The molecule has 12 heteroatoms. The molecule has 0 amide bonds. The van der Waals surface area contributed by atoms with Crippen molar-refractivity contribution in [3.63, 3.8) is 0 Å². The minimum Gasteiger partial charge on any atom is -0.243 e. The van der Waals surface area contributed by atoms with Crippen LogP contribution in [0, 0.1) is 62.8 Å². The molecule has 0 aliphatic rings. The van der Waals surface area contributed by atoms with Gasteiger partial charge in [0.1, 0.15) is 80.8 Å². The average molecular weight is 701 g/mol. The topological polar surface area (TPSA) is 147 Å². The van der Waals surface area contributed by atoms with Gasteiger partial charge in [0.15, 0.2) is 0 Å². The summed E-state index contributed by atoms with van der Waals surface area (Å²) in [6.45, 7) is 5.00. The van der Waals surface area contributed by atoms with E-state index >= 15 is 0 Å². The molecular formula is C41H20F4N8. The molecular weight excluding hydrogens is 680 g/mol. The van der Waals surface area contributed by atoms with E-state index in [0.29, 0.717) is 22.3 Å². The van der Waals surface area contributed by atoms with Gasteiger partial charge in [0.05, 0.1) is 33.2 Å². The largest absolute Gasteiger partial charge is 0.243 e. The summed E-state index contributed by atoms with van der Waals surface area (Å²) in [6, 6.07) is 23.1. The van der Waals surface area contributed by atoms with Crippen LogP contribution in [0.4, 0.5) is 17.6 Å². The third kappa shape index (κ3) is 6.60. The van der Waals surface area contributed by atoms with E-state index in [9.17, 15) is 38.6 Å². The van der Waals surface area contributed by atoms with Crippen LogP contribution >= 0.6 is 0 Å².